The molecule has 1 aliphatic rings. The lowest BCUT2D eigenvalue weighted by Crippen LogP contribution is -2.18. The van der Waals surface area contributed by atoms with Gasteiger partial charge in [-0.25, -0.2) is 0 Å². The molecule has 0 saturated carbocycles. The van der Waals surface area contributed by atoms with Crippen LogP contribution in [0.5, 0.6) is 0 Å². The standard InChI is InChI=1S/C15H25N3/c1-3-13-11-14(18(4-2)17-13)15(16)12-9-7-5-6-8-10-12/h9,11,15H,3-8,10,16H2,1-2H3. The van der Waals surface area contributed by atoms with E-state index >= 15 is 0 Å². The summed E-state index contributed by atoms with van der Waals surface area (Å²) in [6.07, 6.45) is 9.59. The molecule has 1 heterocycles. The molecule has 0 saturated heterocycles. The lowest BCUT2D eigenvalue weighted by molar-refractivity contribution is 0.582. The van der Waals surface area contributed by atoms with Gasteiger partial charge in [-0.3, -0.25) is 4.68 Å². The Labute approximate surface area is 110 Å². The highest BCUT2D eigenvalue weighted by atomic mass is 15.3. The Balaban J connectivity index is 2.23. The molecule has 1 aromatic rings. The predicted octanol–water partition coefficient (Wildman–Crippen LogP) is 3.36. The average Bonchev–Trinajstić information content (AvgIpc) is 2.63. The van der Waals surface area contributed by atoms with Crippen LogP contribution in [0.1, 0.15) is 63.4 Å². The molecule has 3 nitrogen and oxygen atoms in total. The van der Waals surface area contributed by atoms with Gasteiger partial charge in [0.25, 0.3) is 0 Å². The van der Waals surface area contributed by atoms with Crippen LogP contribution in [0.25, 0.3) is 0 Å². The van der Waals surface area contributed by atoms with Crippen LogP contribution in [0.4, 0.5) is 0 Å². The average molecular weight is 247 g/mol. The Bertz CT molecular complexity index is 417. The molecule has 0 amide bonds. The van der Waals surface area contributed by atoms with Gasteiger partial charge in [0.05, 0.1) is 17.4 Å². The molecule has 1 aromatic heterocycles. The molecule has 2 rings (SSSR count). The first kappa shape index (κ1) is 13.3. The van der Waals surface area contributed by atoms with E-state index in [-0.39, 0.29) is 6.04 Å². The molecule has 1 atom stereocenters. The highest BCUT2D eigenvalue weighted by Gasteiger charge is 2.18. The SMILES string of the molecule is CCc1cc(C(N)C2=CCCCCC2)n(CC)n1. The molecule has 100 valence electrons. The number of aryl methyl sites for hydroxylation is 2. The molecule has 0 spiro atoms. The Kier molecular flexibility index (Phi) is 4.59. The van der Waals surface area contributed by atoms with E-state index in [2.05, 4.69) is 35.8 Å². The van der Waals surface area contributed by atoms with Crippen LogP contribution in [0, 0.1) is 0 Å². The second-order valence-corrected chi connectivity index (χ2v) is 5.09. The van der Waals surface area contributed by atoms with Crippen molar-refractivity contribution in [3.8, 4) is 0 Å². The Morgan fingerprint density at radius 1 is 1.33 bits per heavy atom. The number of allylic oxidation sites excluding steroid dienone is 1. The minimum absolute atomic E-state index is 0.0378. The van der Waals surface area contributed by atoms with Crippen molar-refractivity contribution in [1.82, 2.24) is 9.78 Å². The molecule has 0 fully saturated rings. The van der Waals surface area contributed by atoms with Crippen molar-refractivity contribution in [2.45, 2.75) is 65.0 Å². The number of hydrogen-bond acceptors (Lipinski definition) is 2. The first-order valence-corrected chi connectivity index (χ1v) is 7.27. The molecule has 1 aliphatic carbocycles. The van der Waals surface area contributed by atoms with Gasteiger partial charge in [0.15, 0.2) is 0 Å². The van der Waals surface area contributed by atoms with Crippen LogP contribution in [-0.4, -0.2) is 9.78 Å². The summed E-state index contributed by atoms with van der Waals surface area (Å²) in [5.74, 6) is 0. The topological polar surface area (TPSA) is 43.8 Å². The fourth-order valence-electron chi connectivity index (χ4n) is 2.68. The highest BCUT2D eigenvalue weighted by molar-refractivity contribution is 5.25. The maximum atomic E-state index is 6.45. The van der Waals surface area contributed by atoms with E-state index in [1.165, 1.54) is 37.0 Å². The fourth-order valence-corrected chi connectivity index (χ4v) is 2.68. The van der Waals surface area contributed by atoms with Crippen LogP contribution in [0.15, 0.2) is 17.7 Å². The summed E-state index contributed by atoms with van der Waals surface area (Å²) in [7, 11) is 0. The van der Waals surface area contributed by atoms with E-state index in [4.69, 9.17) is 5.73 Å². The predicted molar refractivity (Wildman–Crippen MR) is 75.4 cm³/mol. The minimum atomic E-state index is 0.0378. The van der Waals surface area contributed by atoms with Gasteiger partial charge in [-0.15, -0.1) is 0 Å². The van der Waals surface area contributed by atoms with Crippen LogP contribution in [0.3, 0.4) is 0 Å². The second-order valence-electron chi connectivity index (χ2n) is 5.09. The van der Waals surface area contributed by atoms with Gasteiger partial charge in [-0.05, 0) is 45.1 Å². The van der Waals surface area contributed by atoms with Gasteiger partial charge in [-0.2, -0.15) is 5.10 Å². The zero-order valence-corrected chi connectivity index (χ0v) is 11.7. The molecule has 0 aliphatic heterocycles. The van der Waals surface area contributed by atoms with Gasteiger partial charge < -0.3 is 5.73 Å². The number of aromatic nitrogens is 2. The van der Waals surface area contributed by atoms with E-state index in [1.807, 2.05) is 0 Å². The van der Waals surface area contributed by atoms with Gasteiger partial charge >= 0.3 is 0 Å². The summed E-state index contributed by atoms with van der Waals surface area (Å²) in [6, 6.07) is 2.22. The molecule has 0 radical (unpaired) electrons. The normalized spacial score (nSPS) is 18.3. The van der Waals surface area contributed by atoms with Gasteiger partial charge in [-0.1, -0.05) is 25.0 Å². The molecular weight excluding hydrogens is 222 g/mol. The van der Waals surface area contributed by atoms with Crippen molar-refractivity contribution >= 4 is 0 Å². The van der Waals surface area contributed by atoms with E-state index in [9.17, 15) is 0 Å². The first-order chi connectivity index (χ1) is 8.76. The Morgan fingerprint density at radius 2 is 2.17 bits per heavy atom. The van der Waals surface area contributed by atoms with E-state index in [0.29, 0.717) is 0 Å². The van der Waals surface area contributed by atoms with Crippen LogP contribution >= 0.6 is 0 Å². The van der Waals surface area contributed by atoms with Gasteiger partial charge in [0.2, 0.25) is 0 Å². The lowest BCUT2D eigenvalue weighted by Gasteiger charge is -2.16. The van der Waals surface area contributed by atoms with Crippen molar-refractivity contribution in [2.24, 2.45) is 5.73 Å². The highest BCUT2D eigenvalue weighted by Crippen LogP contribution is 2.28. The minimum Gasteiger partial charge on any atom is -0.319 e. The maximum absolute atomic E-state index is 6.45. The number of nitrogens with zero attached hydrogens (tertiary/aromatic N) is 2. The second kappa shape index (κ2) is 6.19. The summed E-state index contributed by atoms with van der Waals surface area (Å²) < 4.78 is 2.06. The molecule has 2 N–H and O–H groups in total. The number of nitrogens with two attached hydrogens (primary N) is 1. The molecular formula is C15H25N3. The van der Waals surface area contributed by atoms with Crippen molar-refractivity contribution in [2.75, 3.05) is 0 Å². The summed E-state index contributed by atoms with van der Waals surface area (Å²) >= 11 is 0. The summed E-state index contributed by atoms with van der Waals surface area (Å²) in [5, 5.41) is 4.60. The Morgan fingerprint density at radius 3 is 2.89 bits per heavy atom. The van der Waals surface area contributed by atoms with Crippen molar-refractivity contribution < 1.29 is 0 Å². The monoisotopic (exact) mass is 247 g/mol. The van der Waals surface area contributed by atoms with Crippen LogP contribution in [0.2, 0.25) is 0 Å². The maximum Gasteiger partial charge on any atom is 0.0682 e. The molecule has 18 heavy (non-hydrogen) atoms. The quantitative estimate of drug-likeness (QED) is 0.829. The third-order valence-corrected chi connectivity index (χ3v) is 3.82. The molecule has 1 unspecified atom stereocenters. The molecule has 0 bridgehead atoms. The van der Waals surface area contributed by atoms with Crippen molar-refractivity contribution in [3.63, 3.8) is 0 Å². The zero-order valence-electron chi connectivity index (χ0n) is 11.7. The van der Waals surface area contributed by atoms with E-state index in [0.717, 1.165) is 25.1 Å². The lowest BCUT2D eigenvalue weighted by atomic mass is 9.99. The zero-order chi connectivity index (χ0) is 13.0. The van der Waals surface area contributed by atoms with Crippen molar-refractivity contribution in [3.05, 3.63) is 29.1 Å². The molecule has 3 heteroatoms. The third kappa shape index (κ3) is 2.83. The van der Waals surface area contributed by atoms with Crippen LogP contribution in [-0.2, 0) is 13.0 Å². The summed E-state index contributed by atoms with van der Waals surface area (Å²) in [5.41, 5.74) is 10.2. The molecule has 0 aromatic carbocycles. The number of hydrogen-bond donors (Lipinski definition) is 1. The van der Waals surface area contributed by atoms with Crippen molar-refractivity contribution in [1.29, 1.82) is 0 Å². The fraction of sp³-hybridized carbons (Fsp3) is 0.667. The first-order valence-electron chi connectivity index (χ1n) is 7.27. The van der Waals surface area contributed by atoms with E-state index in [1.54, 1.807) is 0 Å². The van der Waals surface area contributed by atoms with Gasteiger partial charge in [0.1, 0.15) is 0 Å². The van der Waals surface area contributed by atoms with E-state index < -0.39 is 0 Å². The third-order valence-electron chi connectivity index (χ3n) is 3.82. The number of rotatable bonds is 4. The summed E-state index contributed by atoms with van der Waals surface area (Å²) in [4.78, 5) is 0. The summed E-state index contributed by atoms with van der Waals surface area (Å²) in [6.45, 7) is 5.17. The Hall–Kier alpha value is -1.09. The van der Waals surface area contributed by atoms with Crippen LogP contribution < -0.4 is 5.73 Å². The smallest absolute Gasteiger partial charge is 0.0682 e. The largest absolute Gasteiger partial charge is 0.319 e. The van der Waals surface area contributed by atoms with Gasteiger partial charge in [0, 0.05) is 6.54 Å².